The second-order valence-electron chi connectivity index (χ2n) is 3.99. The molecule has 2 unspecified atom stereocenters. The normalized spacial score (nSPS) is 17.2. The van der Waals surface area contributed by atoms with E-state index < -0.39 is 5.60 Å². The van der Waals surface area contributed by atoms with Crippen LogP contribution in [0.5, 0.6) is 0 Å². The first kappa shape index (κ1) is 12.1. The molecule has 0 saturated heterocycles. The SMILES string of the molecule is COC(C)C(C)(O)c1ccc(F)c(C)c1. The van der Waals surface area contributed by atoms with Gasteiger partial charge in [0.05, 0.1) is 6.10 Å². The van der Waals surface area contributed by atoms with Crippen LogP contribution in [0.1, 0.15) is 25.0 Å². The van der Waals surface area contributed by atoms with Crippen molar-refractivity contribution < 1.29 is 14.2 Å². The highest BCUT2D eigenvalue weighted by Gasteiger charge is 2.30. The number of aryl methyl sites for hydroxylation is 1. The monoisotopic (exact) mass is 212 g/mol. The molecule has 0 fully saturated rings. The van der Waals surface area contributed by atoms with Crippen molar-refractivity contribution in [2.75, 3.05) is 7.11 Å². The van der Waals surface area contributed by atoms with Crippen molar-refractivity contribution in [3.05, 3.63) is 35.1 Å². The fourth-order valence-corrected chi connectivity index (χ4v) is 1.42. The average molecular weight is 212 g/mol. The lowest BCUT2D eigenvalue weighted by Gasteiger charge is -2.30. The molecule has 1 aromatic rings. The van der Waals surface area contributed by atoms with Crippen molar-refractivity contribution in [1.82, 2.24) is 0 Å². The van der Waals surface area contributed by atoms with Gasteiger partial charge in [0, 0.05) is 7.11 Å². The molecule has 0 heterocycles. The van der Waals surface area contributed by atoms with Crippen LogP contribution in [-0.4, -0.2) is 18.3 Å². The quantitative estimate of drug-likeness (QED) is 0.833. The maximum atomic E-state index is 13.1. The molecule has 0 bridgehead atoms. The van der Waals surface area contributed by atoms with Gasteiger partial charge in [-0.25, -0.2) is 4.39 Å². The van der Waals surface area contributed by atoms with Gasteiger partial charge in [-0.05, 0) is 38.0 Å². The predicted molar refractivity (Wildman–Crippen MR) is 57.2 cm³/mol. The van der Waals surface area contributed by atoms with Gasteiger partial charge in [0.1, 0.15) is 11.4 Å². The first-order valence-corrected chi connectivity index (χ1v) is 4.91. The van der Waals surface area contributed by atoms with Gasteiger partial charge >= 0.3 is 0 Å². The molecule has 0 amide bonds. The molecule has 1 rings (SSSR count). The van der Waals surface area contributed by atoms with Crippen LogP contribution < -0.4 is 0 Å². The zero-order valence-electron chi connectivity index (χ0n) is 9.54. The lowest BCUT2D eigenvalue weighted by atomic mass is 9.90. The number of methoxy groups -OCH3 is 1. The zero-order valence-corrected chi connectivity index (χ0v) is 9.54. The third kappa shape index (κ3) is 2.36. The lowest BCUT2D eigenvalue weighted by molar-refractivity contribution is -0.0772. The molecule has 2 atom stereocenters. The molecule has 1 aromatic carbocycles. The Kier molecular flexibility index (Phi) is 3.47. The number of hydrogen-bond donors (Lipinski definition) is 1. The van der Waals surface area contributed by atoms with E-state index in [1.165, 1.54) is 13.2 Å². The van der Waals surface area contributed by atoms with Crippen LogP contribution in [0.15, 0.2) is 18.2 Å². The Morgan fingerprint density at radius 2 is 2.07 bits per heavy atom. The Morgan fingerprint density at radius 3 is 2.53 bits per heavy atom. The summed E-state index contributed by atoms with van der Waals surface area (Å²) in [6, 6.07) is 4.59. The van der Waals surface area contributed by atoms with E-state index in [0.717, 1.165) is 0 Å². The fraction of sp³-hybridized carbons (Fsp3) is 0.500. The molecule has 3 heteroatoms. The molecular formula is C12H17FO2. The summed E-state index contributed by atoms with van der Waals surface area (Å²) in [5, 5.41) is 10.2. The molecule has 0 aromatic heterocycles. The van der Waals surface area contributed by atoms with E-state index in [2.05, 4.69) is 0 Å². The maximum Gasteiger partial charge on any atom is 0.126 e. The molecule has 0 spiro atoms. The molecule has 0 radical (unpaired) electrons. The Bertz CT molecular complexity index is 347. The van der Waals surface area contributed by atoms with Crippen LogP contribution in [0.2, 0.25) is 0 Å². The molecule has 0 aliphatic rings. The van der Waals surface area contributed by atoms with Crippen LogP contribution in [-0.2, 0) is 10.3 Å². The highest BCUT2D eigenvalue weighted by Crippen LogP contribution is 2.27. The van der Waals surface area contributed by atoms with E-state index in [9.17, 15) is 9.50 Å². The molecule has 0 aliphatic carbocycles. The van der Waals surface area contributed by atoms with Gasteiger partial charge < -0.3 is 9.84 Å². The number of aliphatic hydroxyl groups is 1. The summed E-state index contributed by atoms with van der Waals surface area (Å²) in [7, 11) is 1.54. The Labute approximate surface area is 89.7 Å². The largest absolute Gasteiger partial charge is 0.383 e. The van der Waals surface area contributed by atoms with E-state index in [0.29, 0.717) is 11.1 Å². The van der Waals surface area contributed by atoms with Gasteiger partial charge in [-0.2, -0.15) is 0 Å². The second kappa shape index (κ2) is 4.29. The molecular weight excluding hydrogens is 195 g/mol. The summed E-state index contributed by atoms with van der Waals surface area (Å²) in [5.74, 6) is -0.264. The molecule has 0 saturated carbocycles. The topological polar surface area (TPSA) is 29.5 Å². The van der Waals surface area contributed by atoms with Crippen molar-refractivity contribution in [2.45, 2.75) is 32.5 Å². The first-order valence-electron chi connectivity index (χ1n) is 4.91. The summed E-state index contributed by atoms with van der Waals surface area (Å²) < 4.78 is 18.2. The first-order chi connectivity index (χ1) is 6.89. The van der Waals surface area contributed by atoms with Crippen molar-refractivity contribution in [1.29, 1.82) is 0 Å². The molecule has 0 aliphatic heterocycles. The summed E-state index contributed by atoms with van der Waals surface area (Å²) in [4.78, 5) is 0. The summed E-state index contributed by atoms with van der Waals surface area (Å²) in [5.41, 5.74) is 0.0829. The molecule has 1 N–H and O–H groups in total. The highest BCUT2D eigenvalue weighted by atomic mass is 19.1. The van der Waals surface area contributed by atoms with E-state index in [4.69, 9.17) is 4.74 Å². The number of ether oxygens (including phenoxy) is 1. The average Bonchev–Trinajstić information content (AvgIpc) is 2.20. The lowest BCUT2D eigenvalue weighted by Crippen LogP contribution is -2.35. The van der Waals surface area contributed by atoms with E-state index in [1.54, 1.807) is 32.9 Å². The van der Waals surface area contributed by atoms with Crippen molar-refractivity contribution in [2.24, 2.45) is 0 Å². The van der Waals surface area contributed by atoms with Gasteiger partial charge in [0.15, 0.2) is 0 Å². The molecule has 84 valence electrons. The maximum absolute atomic E-state index is 13.1. The number of halogens is 1. The number of hydrogen-bond acceptors (Lipinski definition) is 2. The third-order valence-electron chi connectivity index (χ3n) is 2.89. The Hall–Kier alpha value is -0.930. The summed E-state index contributed by atoms with van der Waals surface area (Å²) >= 11 is 0. The number of rotatable bonds is 3. The predicted octanol–water partition coefficient (Wildman–Crippen LogP) is 2.38. The van der Waals surface area contributed by atoms with Crippen molar-refractivity contribution >= 4 is 0 Å². The van der Waals surface area contributed by atoms with Crippen LogP contribution in [0, 0.1) is 12.7 Å². The second-order valence-corrected chi connectivity index (χ2v) is 3.99. The Morgan fingerprint density at radius 1 is 1.47 bits per heavy atom. The van der Waals surface area contributed by atoms with Gasteiger partial charge in [-0.3, -0.25) is 0 Å². The van der Waals surface area contributed by atoms with Crippen molar-refractivity contribution in [3.63, 3.8) is 0 Å². The Balaban J connectivity index is 3.10. The minimum atomic E-state index is -1.10. The minimum Gasteiger partial charge on any atom is -0.383 e. The van der Waals surface area contributed by atoms with E-state index >= 15 is 0 Å². The standard InChI is InChI=1S/C12H17FO2/c1-8-7-10(5-6-11(8)13)12(3,14)9(2)15-4/h5-7,9,14H,1-4H3. The third-order valence-corrected chi connectivity index (χ3v) is 2.89. The van der Waals surface area contributed by atoms with Crippen LogP contribution in [0.3, 0.4) is 0 Å². The smallest absolute Gasteiger partial charge is 0.126 e. The minimum absolute atomic E-state index is 0.264. The van der Waals surface area contributed by atoms with Gasteiger partial charge in [-0.1, -0.05) is 12.1 Å². The van der Waals surface area contributed by atoms with Crippen LogP contribution >= 0.6 is 0 Å². The van der Waals surface area contributed by atoms with Gasteiger partial charge in [0.25, 0.3) is 0 Å². The van der Waals surface area contributed by atoms with Crippen molar-refractivity contribution in [3.8, 4) is 0 Å². The highest BCUT2D eigenvalue weighted by molar-refractivity contribution is 5.29. The summed E-state index contributed by atoms with van der Waals surface area (Å²) in [6.07, 6.45) is -0.345. The zero-order chi connectivity index (χ0) is 11.6. The van der Waals surface area contributed by atoms with E-state index in [-0.39, 0.29) is 11.9 Å². The van der Waals surface area contributed by atoms with E-state index in [1.807, 2.05) is 0 Å². The fourth-order valence-electron chi connectivity index (χ4n) is 1.42. The van der Waals surface area contributed by atoms with Crippen LogP contribution in [0.4, 0.5) is 4.39 Å². The number of benzene rings is 1. The molecule has 15 heavy (non-hydrogen) atoms. The summed E-state index contributed by atoms with van der Waals surface area (Å²) in [6.45, 7) is 5.11. The molecule has 2 nitrogen and oxygen atoms in total. The van der Waals surface area contributed by atoms with Gasteiger partial charge in [-0.15, -0.1) is 0 Å². The van der Waals surface area contributed by atoms with Crippen LogP contribution in [0.25, 0.3) is 0 Å². The van der Waals surface area contributed by atoms with Gasteiger partial charge in [0.2, 0.25) is 0 Å².